The van der Waals surface area contributed by atoms with Crippen molar-refractivity contribution in [2.45, 2.75) is 13.0 Å². The number of carbonyl (C=O) groups is 1. The number of nitrogens with one attached hydrogen (secondary N) is 2. The number of nitrogens with zero attached hydrogens (tertiary/aromatic N) is 4. The van der Waals surface area contributed by atoms with Gasteiger partial charge in [0.1, 0.15) is 12.7 Å². The van der Waals surface area contributed by atoms with Gasteiger partial charge in [0.15, 0.2) is 5.13 Å². The molecule has 0 saturated carbocycles. The van der Waals surface area contributed by atoms with Crippen LogP contribution in [0.3, 0.4) is 0 Å². The van der Waals surface area contributed by atoms with Gasteiger partial charge in [-0.3, -0.25) is 5.32 Å². The predicted octanol–water partition coefficient (Wildman–Crippen LogP) is 2.61. The third kappa shape index (κ3) is 3.29. The van der Waals surface area contributed by atoms with Gasteiger partial charge in [0.25, 0.3) is 0 Å². The van der Waals surface area contributed by atoms with E-state index in [9.17, 15) is 4.79 Å². The highest BCUT2D eigenvalue weighted by Crippen LogP contribution is 2.16. The van der Waals surface area contributed by atoms with E-state index in [-0.39, 0.29) is 12.1 Å². The second-order valence-corrected chi connectivity index (χ2v) is 5.48. The van der Waals surface area contributed by atoms with Gasteiger partial charge in [-0.2, -0.15) is 5.10 Å². The van der Waals surface area contributed by atoms with Gasteiger partial charge >= 0.3 is 6.03 Å². The van der Waals surface area contributed by atoms with E-state index in [2.05, 4.69) is 25.7 Å². The molecule has 0 saturated heterocycles. The van der Waals surface area contributed by atoms with E-state index in [0.29, 0.717) is 5.13 Å². The summed E-state index contributed by atoms with van der Waals surface area (Å²) in [5.41, 5.74) is 1.92. The second-order valence-electron chi connectivity index (χ2n) is 4.59. The SMILES string of the molecule is CC(NC(=O)Nc1nccs1)c1ccc(-n2cncn2)cc1. The Morgan fingerprint density at radius 2 is 2.14 bits per heavy atom. The van der Waals surface area contributed by atoms with Crippen molar-refractivity contribution < 1.29 is 4.79 Å². The van der Waals surface area contributed by atoms with E-state index in [0.717, 1.165) is 11.3 Å². The summed E-state index contributed by atoms with van der Waals surface area (Å²) in [4.78, 5) is 19.8. The van der Waals surface area contributed by atoms with E-state index in [1.165, 1.54) is 17.7 Å². The highest BCUT2D eigenvalue weighted by Gasteiger charge is 2.10. The van der Waals surface area contributed by atoms with Gasteiger partial charge in [0, 0.05) is 11.6 Å². The maximum absolute atomic E-state index is 11.9. The summed E-state index contributed by atoms with van der Waals surface area (Å²) in [6, 6.07) is 7.37. The molecule has 2 heterocycles. The molecule has 22 heavy (non-hydrogen) atoms. The Balaban J connectivity index is 1.62. The number of hydrogen-bond acceptors (Lipinski definition) is 5. The van der Waals surface area contributed by atoms with Crippen molar-refractivity contribution in [2.75, 3.05) is 5.32 Å². The van der Waals surface area contributed by atoms with E-state index in [4.69, 9.17) is 0 Å². The molecule has 0 bridgehead atoms. The van der Waals surface area contributed by atoms with Gasteiger partial charge in [0.2, 0.25) is 0 Å². The standard InChI is InChI=1S/C14H14N6OS/c1-10(18-13(21)19-14-16-6-7-22-14)11-2-4-12(5-3-11)20-9-15-8-17-20/h2-10H,1H3,(H2,16,18,19,21). The number of anilines is 1. The zero-order valence-electron chi connectivity index (χ0n) is 11.8. The molecular formula is C14H14N6OS. The van der Waals surface area contributed by atoms with Crippen molar-refractivity contribution >= 4 is 22.5 Å². The molecule has 0 aliphatic rings. The summed E-state index contributed by atoms with van der Waals surface area (Å²) in [6.45, 7) is 1.92. The number of hydrogen-bond donors (Lipinski definition) is 2. The third-order valence-corrected chi connectivity index (χ3v) is 3.77. The fourth-order valence-corrected chi connectivity index (χ4v) is 2.48. The molecule has 2 N–H and O–H groups in total. The molecule has 2 aromatic heterocycles. The molecule has 0 fully saturated rings. The van der Waals surface area contributed by atoms with Gasteiger partial charge in [-0.15, -0.1) is 11.3 Å². The van der Waals surface area contributed by atoms with Crippen molar-refractivity contribution in [3.05, 3.63) is 54.1 Å². The lowest BCUT2D eigenvalue weighted by Gasteiger charge is -2.14. The summed E-state index contributed by atoms with van der Waals surface area (Å²) in [7, 11) is 0. The monoisotopic (exact) mass is 314 g/mol. The van der Waals surface area contributed by atoms with E-state index >= 15 is 0 Å². The fraction of sp³-hybridized carbons (Fsp3) is 0.143. The van der Waals surface area contributed by atoms with E-state index < -0.39 is 0 Å². The molecule has 7 nitrogen and oxygen atoms in total. The summed E-state index contributed by atoms with van der Waals surface area (Å²) < 4.78 is 1.68. The number of aromatic nitrogens is 4. The maximum Gasteiger partial charge on any atom is 0.321 e. The Morgan fingerprint density at radius 3 is 2.77 bits per heavy atom. The van der Waals surface area contributed by atoms with E-state index in [1.807, 2.05) is 36.6 Å². The van der Waals surface area contributed by atoms with Crippen LogP contribution in [0.4, 0.5) is 9.93 Å². The van der Waals surface area contributed by atoms with Crippen LogP contribution in [0.15, 0.2) is 48.5 Å². The van der Waals surface area contributed by atoms with Crippen LogP contribution in [0.25, 0.3) is 5.69 Å². The van der Waals surface area contributed by atoms with Crippen LogP contribution in [0.1, 0.15) is 18.5 Å². The van der Waals surface area contributed by atoms with Crippen LogP contribution in [0.2, 0.25) is 0 Å². The lowest BCUT2D eigenvalue weighted by molar-refractivity contribution is 0.249. The van der Waals surface area contributed by atoms with Gasteiger partial charge in [-0.25, -0.2) is 19.4 Å². The number of carbonyl (C=O) groups excluding carboxylic acids is 1. The summed E-state index contributed by atoms with van der Waals surface area (Å²) in [5, 5.41) is 12.0. The smallest absolute Gasteiger partial charge is 0.321 e. The molecule has 3 aromatic rings. The molecular weight excluding hydrogens is 300 g/mol. The molecule has 1 atom stereocenters. The minimum absolute atomic E-state index is 0.121. The maximum atomic E-state index is 11.9. The number of urea groups is 1. The highest BCUT2D eigenvalue weighted by atomic mass is 32.1. The lowest BCUT2D eigenvalue weighted by atomic mass is 10.1. The fourth-order valence-electron chi connectivity index (χ4n) is 1.96. The van der Waals surface area contributed by atoms with Crippen molar-refractivity contribution in [1.82, 2.24) is 25.1 Å². The van der Waals surface area contributed by atoms with Crippen molar-refractivity contribution in [2.24, 2.45) is 0 Å². The van der Waals surface area contributed by atoms with Crippen molar-refractivity contribution in [3.8, 4) is 5.69 Å². The summed E-state index contributed by atoms with van der Waals surface area (Å²) >= 11 is 1.38. The van der Waals surface area contributed by atoms with Gasteiger partial charge < -0.3 is 5.32 Å². The highest BCUT2D eigenvalue weighted by molar-refractivity contribution is 7.13. The van der Waals surface area contributed by atoms with Crippen LogP contribution in [-0.4, -0.2) is 25.8 Å². The molecule has 112 valence electrons. The first-order valence-corrected chi connectivity index (χ1v) is 7.52. The lowest BCUT2D eigenvalue weighted by Crippen LogP contribution is -2.31. The predicted molar refractivity (Wildman–Crippen MR) is 84.0 cm³/mol. The Labute approximate surface area is 131 Å². The Bertz CT molecular complexity index is 723. The van der Waals surface area contributed by atoms with Crippen LogP contribution in [0.5, 0.6) is 0 Å². The zero-order chi connectivity index (χ0) is 15.4. The summed E-state index contributed by atoms with van der Waals surface area (Å²) in [6.07, 6.45) is 4.77. The number of benzene rings is 1. The van der Waals surface area contributed by atoms with Gasteiger partial charge in [-0.1, -0.05) is 12.1 Å². The molecule has 0 radical (unpaired) electrons. The van der Waals surface area contributed by atoms with Crippen LogP contribution >= 0.6 is 11.3 Å². The minimum atomic E-state index is -0.275. The molecule has 3 rings (SSSR count). The van der Waals surface area contributed by atoms with Crippen LogP contribution < -0.4 is 10.6 Å². The first-order chi connectivity index (χ1) is 10.7. The number of thiazole rings is 1. The van der Waals surface area contributed by atoms with Crippen molar-refractivity contribution in [1.29, 1.82) is 0 Å². The van der Waals surface area contributed by atoms with E-state index in [1.54, 1.807) is 17.2 Å². The number of rotatable bonds is 4. The first kappa shape index (κ1) is 14.2. The summed E-state index contributed by atoms with van der Waals surface area (Å²) in [5.74, 6) is 0. The molecule has 0 spiro atoms. The Kier molecular flexibility index (Phi) is 4.10. The molecule has 1 aromatic carbocycles. The molecule has 0 aliphatic carbocycles. The largest absolute Gasteiger partial charge is 0.331 e. The minimum Gasteiger partial charge on any atom is -0.331 e. The number of amides is 2. The topological polar surface area (TPSA) is 84.7 Å². The third-order valence-electron chi connectivity index (χ3n) is 3.08. The normalized spacial score (nSPS) is 11.9. The average molecular weight is 314 g/mol. The molecule has 0 aliphatic heterocycles. The quantitative estimate of drug-likeness (QED) is 0.775. The molecule has 1 unspecified atom stereocenters. The van der Waals surface area contributed by atoms with Crippen LogP contribution in [0, 0.1) is 0 Å². The zero-order valence-corrected chi connectivity index (χ0v) is 12.6. The van der Waals surface area contributed by atoms with Crippen LogP contribution in [-0.2, 0) is 0 Å². The molecule has 2 amide bonds. The van der Waals surface area contributed by atoms with Gasteiger partial charge in [0.05, 0.1) is 11.7 Å². The Hall–Kier alpha value is -2.74. The van der Waals surface area contributed by atoms with Crippen molar-refractivity contribution in [3.63, 3.8) is 0 Å². The second kappa shape index (κ2) is 6.35. The van der Waals surface area contributed by atoms with Gasteiger partial charge in [-0.05, 0) is 24.6 Å². The average Bonchev–Trinajstić information content (AvgIpc) is 3.20. The first-order valence-electron chi connectivity index (χ1n) is 6.64. The Morgan fingerprint density at radius 1 is 1.32 bits per heavy atom. The molecule has 8 heteroatoms.